The SMILES string of the molecule is Oc1ccccc1O.[Ir].c1ccc2c(c1)-c1ccccc1[Si]21c2cccnc2-c2ncccc21. The van der Waals surface area contributed by atoms with Gasteiger partial charge in [-0.15, -0.1) is 0 Å². The Morgan fingerprint density at radius 1 is 0.471 bits per heavy atom. The number of benzene rings is 3. The van der Waals surface area contributed by atoms with Crippen molar-refractivity contribution in [3.05, 3.63) is 109 Å². The molecule has 0 aliphatic carbocycles. The van der Waals surface area contributed by atoms with Crippen LogP contribution in [0.4, 0.5) is 0 Å². The van der Waals surface area contributed by atoms with Crippen LogP contribution in [0, 0.1) is 0 Å². The summed E-state index contributed by atoms with van der Waals surface area (Å²) in [5, 5.41) is 23.0. The van der Waals surface area contributed by atoms with Crippen molar-refractivity contribution in [2.75, 3.05) is 0 Å². The summed E-state index contributed by atoms with van der Waals surface area (Å²) in [6, 6.07) is 32.6. The summed E-state index contributed by atoms with van der Waals surface area (Å²) in [5.41, 5.74) is 4.88. The summed E-state index contributed by atoms with van der Waals surface area (Å²) in [7, 11) is -2.28. The number of aromatic nitrogens is 2. The molecule has 5 aromatic rings. The number of para-hydroxylation sites is 2. The molecule has 34 heavy (non-hydrogen) atoms. The van der Waals surface area contributed by atoms with E-state index >= 15 is 0 Å². The smallest absolute Gasteiger partial charge is 0.185 e. The van der Waals surface area contributed by atoms with E-state index in [1.165, 1.54) is 44.0 Å². The number of hydrogen-bond acceptors (Lipinski definition) is 4. The molecule has 2 N–H and O–H groups in total. The number of phenolic OH excluding ortho intramolecular Hbond substituents is 2. The fourth-order valence-corrected chi connectivity index (χ4v) is 10.7. The Morgan fingerprint density at radius 3 is 1.29 bits per heavy atom. The van der Waals surface area contributed by atoms with E-state index in [1.54, 1.807) is 12.1 Å². The minimum atomic E-state index is -2.28. The second-order valence-corrected chi connectivity index (χ2v) is 11.8. The van der Waals surface area contributed by atoms with Gasteiger partial charge in [0.2, 0.25) is 0 Å². The van der Waals surface area contributed by atoms with Gasteiger partial charge in [0.15, 0.2) is 19.6 Å². The second-order valence-electron chi connectivity index (χ2n) is 8.13. The Balaban J connectivity index is 0.000000231. The molecule has 2 aromatic heterocycles. The molecule has 0 unspecified atom stereocenters. The van der Waals surface area contributed by atoms with Crippen LogP contribution in [0.2, 0.25) is 0 Å². The van der Waals surface area contributed by atoms with Gasteiger partial charge >= 0.3 is 0 Å². The molecule has 2 aliphatic heterocycles. The summed E-state index contributed by atoms with van der Waals surface area (Å²) in [6.07, 6.45) is 3.77. The number of fused-ring (bicyclic) bond motifs is 10. The van der Waals surface area contributed by atoms with Crippen LogP contribution >= 0.6 is 0 Å². The Morgan fingerprint density at radius 2 is 0.853 bits per heavy atom. The van der Waals surface area contributed by atoms with Gasteiger partial charge in [-0.2, -0.15) is 0 Å². The minimum Gasteiger partial charge on any atom is -0.504 e. The molecule has 6 heteroatoms. The maximum atomic E-state index is 8.67. The maximum absolute atomic E-state index is 8.67. The van der Waals surface area contributed by atoms with Crippen molar-refractivity contribution in [3.8, 4) is 34.0 Å². The first-order valence-electron chi connectivity index (χ1n) is 10.8. The zero-order chi connectivity index (χ0) is 22.4. The summed E-state index contributed by atoms with van der Waals surface area (Å²) < 4.78 is 0. The van der Waals surface area contributed by atoms with Crippen molar-refractivity contribution < 1.29 is 30.3 Å². The van der Waals surface area contributed by atoms with Gasteiger partial charge in [-0.3, -0.25) is 9.97 Å². The first kappa shape index (κ1) is 22.2. The quantitative estimate of drug-likeness (QED) is 0.199. The van der Waals surface area contributed by atoms with Crippen LogP contribution in [0.3, 0.4) is 0 Å². The average molecular weight is 637 g/mol. The molecule has 0 atom stereocenters. The Bertz CT molecular complexity index is 1310. The van der Waals surface area contributed by atoms with Gasteiger partial charge in [0.25, 0.3) is 0 Å². The molecule has 4 nitrogen and oxygen atoms in total. The summed E-state index contributed by atoms with van der Waals surface area (Å²) in [4.78, 5) is 9.48. The number of phenols is 2. The van der Waals surface area contributed by atoms with Crippen molar-refractivity contribution in [2.45, 2.75) is 0 Å². The predicted molar refractivity (Wildman–Crippen MR) is 133 cm³/mol. The molecule has 0 bridgehead atoms. The molecule has 2 aliphatic rings. The first-order chi connectivity index (χ1) is 16.2. The van der Waals surface area contributed by atoms with Crippen molar-refractivity contribution in [1.82, 2.24) is 9.97 Å². The van der Waals surface area contributed by atoms with Crippen molar-refractivity contribution in [3.63, 3.8) is 0 Å². The van der Waals surface area contributed by atoms with E-state index in [-0.39, 0.29) is 31.6 Å². The second kappa shape index (κ2) is 8.65. The molecule has 7 rings (SSSR count). The normalized spacial score (nSPS) is 12.9. The maximum Gasteiger partial charge on any atom is 0.185 e. The molecule has 1 radical (unpaired) electrons. The molecule has 0 amide bonds. The number of rotatable bonds is 0. The van der Waals surface area contributed by atoms with Gasteiger partial charge < -0.3 is 10.2 Å². The molecule has 4 heterocycles. The molecule has 0 saturated carbocycles. The third kappa shape index (κ3) is 3.07. The predicted octanol–water partition coefficient (Wildman–Crippen LogP) is 2.91. The third-order valence-electron chi connectivity index (χ3n) is 6.48. The Labute approximate surface area is 212 Å². The van der Waals surface area contributed by atoms with Crippen LogP contribution in [-0.4, -0.2) is 28.3 Å². The number of aromatic hydroxyl groups is 2. The number of hydrogen-bond donors (Lipinski definition) is 2. The Hall–Kier alpha value is -3.57. The van der Waals surface area contributed by atoms with Crippen LogP contribution in [0.15, 0.2) is 109 Å². The molecule has 1 spiro atoms. The van der Waals surface area contributed by atoms with Crippen LogP contribution in [0.5, 0.6) is 11.5 Å². The molecular formula is C28H20IrN2O2Si. The summed E-state index contributed by atoms with van der Waals surface area (Å²) >= 11 is 0. The summed E-state index contributed by atoms with van der Waals surface area (Å²) in [6.45, 7) is 0. The molecular weight excluding hydrogens is 617 g/mol. The van der Waals surface area contributed by atoms with Crippen molar-refractivity contribution >= 4 is 28.8 Å². The van der Waals surface area contributed by atoms with E-state index < -0.39 is 8.07 Å². The van der Waals surface area contributed by atoms with Crippen LogP contribution in [-0.2, 0) is 20.1 Å². The van der Waals surface area contributed by atoms with Gasteiger partial charge in [0.1, 0.15) is 0 Å². The monoisotopic (exact) mass is 637 g/mol. The largest absolute Gasteiger partial charge is 0.504 e. The van der Waals surface area contributed by atoms with Gasteiger partial charge in [-0.05, 0) is 56.1 Å². The zero-order valence-electron chi connectivity index (χ0n) is 18.0. The zero-order valence-corrected chi connectivity index (χ0v) is 21.4. The van der Waals surface area contributed by atoms with Crippen molar-refractivity contribution in [1.29, 1.82) is 0 Å². The van der Waals surface area contributed by atoms with Gasteiger partial charge in [0, 0.05) is 32.5 Å². The summed E-state index contributed by atoms with van der Waals surface area (Å²) in [5.74, 6) is -0.153. The number of pyridine rings is 2. The van der Waals surface area contributed by atoms with Gasteiger partial charge in [-0.25, -0.2) is 0 Å². The van der Waals surface area contributed by atoms with Gasteiger partial charge in [0.05, 0.1) is 11.4 Å². The number of nitrogens with zero attached hydrogens (tertiary/aromatic N) is 2. The van der Waals surface area contributed by atoms with E-state index in [0.717, 1.165) is 11.4 Å². The van der Waals surface area contributed by atoms with Crippen LogP contribution in [0.1, 0.15) is 0 Å². The average Bonchev–Trinajstić information content (AvgIpc) is 3.34. The molecule has 0 fully saturated rings. The fraction of sp³-hybridized carbons (Fsp3) is 0. The first-order valence-corrected chi connectivity index (χ1v) is 12.8. The van der Waals surface area contributed by atoms with Crippen LogP contribution in [0.25, 0.3) is 22.5 Å². The third-order valence-corrected chi connectivity index (χ3v) is 11.4. The van der Waals surface area contributed by atoms with Crippen LogP contribution < -0.4 is 20.7 Å². The molecule has 167 valence electrons. The topological polar surface area (TPSA) is 66.2 Å². The van der Waals surface area contributed by atoms with E-state index in [4.69, 9.17) is 20.2 Å². The van der Waals surface area contributed by atoms with Crippen molar-refractivity contribution in [2.24, 2.45) is 0 Å². The van der Waals surface area contributed by atoms with E-state index in [9.17, 15) is 0 Å². The van der Waals surface area contributed by atoms with E-state index in [2.05, 4.69) is 72.8 Å². The molecule has 3 aromatic carbocycles. The van der Waals surface area contributed by atoms with E-state index in [0.29, 0.717) is 0 Å². The Kier molecular flexibility index (Phi) is 5.66. The fourth-order valence-electron chi connectivity index (χ4n) is 5.22. The van der Waals surface area contributed by atoms with Gasteiger partial charge in [-0.1, -0.05) is 72.8 Å². The van der Waals surface area contributed by atoms with E-state index in [1.807, 2.05) is 12.4 Å². The standard InChI is InChI=1S/C22H14N2Si.C6H6O2.Ir/c1-3-9-17-15(7-1)16-8-2-4-10-18(16)25(17)19-11-5-13-23-21(19)22-20(25)12-6-14-24-22;7-5-3-1-2-4-6(5)8;/h1-14H;1-4,7-8H;. The molecule has 0 saturated heterocycles. The minimum absolute atomic E-state index is 0.